The van der Waals surface area contributed by atoms with Crippen LogP contribution in [0.5, 0.6) is 0 Å². The van der Waals surface area contributed by atoms with Crippen LogP contribution in [-0.4, -0.2) is 18.6 Å². The minimum Gasteiger partial charge on any atom is -0.469 e. The molecule has 1 aromatic rings. The lowest BCUT2D eigenvalue weighted by molar-refractivity contribution is 0.0911. The number of hydrogen-bond acceptors (Lipinski definition) is 4. The maximum Gasteiger partial charge on any atom is 0.426 e. The van der Waals surface area contributed by atoms with Crippen molar-refractivity contribution in [3.8, 4) is 0 Å². The van der Waals surface area contributed by atoms with Crippen LogP contribution in [-0.2, 0) is 4.74 Å². The molecule has 0 aliphatic rings. The molecule has 1 rings (SSSR count). The first-order valence-electron chi connectivity index (χ1n) is 4.42. The van der Waals surface area contributed by atoms with Gasteiger partial charge in [0.1, 0.15) is 5.76 Å². The third-order valence-corrected chi connectivity index (χ3v) is 1.66. The van der Waals surface area contributed by atoms with E-state index < -0.39 is 12.0 Å². The van der Waals surface area contributed by atoms with Gasteiger partial charge in [-0.1, -0.05) is 0 Å². The number of nitrogens with one attached hydrogen (secondary N) is 2. The van der Waals surface area contributed by atoms with E-state index in [1.165, 1.54) is 12.3 Å². The van der Waals surface area contributed by atoms with Gasteiger partial charge in [-0.3, -0.25) is 10.2 Å². The Kier molecular flexibility index (Phi) is 3.73. The number of ether oxygens (including phenoxy) is 1. The van der Waals surface area contributed by atoms with Crippen LogP contribution in [0.3, 0.4) is 0 Å². The molecule has 0 saturated carbocycles. The zero-order valence-corrected chi connectivity index (χ0v) is 8.49. The lowest BCUT2D eigenvalue weighted by Gasteiger charge is -2.05. The van der Waals surface area contributed by atoms with Crippen molar-refractivity contribution in [1.82, 2.24) is 10.9 Å². The van der Waals surface area contributed by atoms with Crippen molar-refractivity contribution < 1.29 is 18.7 Å². The number of hydrazine groups is 1. The Morgan fingerprint density at radius 3 is 2.73 bits per heavy atom. The number of carbonyl (C=O) groups is 2. The molecule has 0 atom stereocenters. The third kappa shape index (κ3) is 3.01. The van der Waals surface area contributed by atoms with Crippen LogP contribution < -0.4 is 10.9 Å². The van der Waals surface area contributed by atoms with Gasteiger partial charge in [0.2, 0.25) is 0 Å². The van der Waals surface area contributed by atoms with Crippen molar-refractivity contribution in [3.05, 3.63) is 23.7 Å². The van der Waals surface area contributed by atoms with Crippen LogP contribution in [0.1, 0.15) is 23.0 Å². The van der Waals surface area contributed by atoms with Crippen LogP contribution in [0.2, 0.25) is 0 Å². The molecule has 6 heteroatoms. The summed E-state index contributed by atoms with van der Waals surface area (Å²) in [7, 11) is 0. The van der Waals surface area contributed by atoms with Crippen molar-refractivity contribution >= 4 is 12.0 Å². The fourth-order valence-electron chi connectivity index (χ4n) is 0.963. The van der Waals surface area contributed by atoms with Gasteiger partial charge in [-0.25, -0.2) is 10.2 Å². The molecule has 0 fully saturated rings. The summed E-state index contributed by atoms with van der Waals surface area (Å²) in [6.45, 7) is 3.56. The Hall–Kier alpha value is -1.98. The minimum absolute atomic E-state index is 0.243. The van der Waals surface area contributed by atoms with Crippen molar-refractivity contribution in [2.45, 2.75) is 13.8 Å². The lowest BCUT2D eigenvalue weighted by Crippen LogP contribution is -2.42. The number of hydrogen-bond donors (Lipinski definition) is 2. The van der Waals surface area contributed by atoms with Crippen molar-refractivity contribution in [1.29, 1.82) is 0 Å². The highest BCUT2D eigenvalue weighted by atomic mass is 16.5. The first-order valence-corrected chi connectivity index (χ1v) is 4.42. The van der Waals surface area contributed by atoms with Gasteiger partial charge >= 0.3 is 6.09 Å². The summed E-state index contributed by atoms with van der Waals surface area (Å²) in [6, 6.07) is 1.51. The maximum atomic E-state index is 11.4. The highest BCUT2D eigenvalue weighted by Gasteiger charge is 2.11. The Bertz CT molecular complexity index is 359. The summed E-state index contributed by atoms with van der Waals surface area (Å²) >= 11 is 0. The van der Waals surface area contributed by atoms with Gasteiger partial charge < -0.3 is 9.15 Å². The van der Waals surface area contributed by atoms with E-state index in [1.54, 1.807) is 13.8 Å². The van der Waals surface area contributed by atoms with E-state index in [4.69, 9.17) is 4.42 Å². The number of amides is 2. The molecule has 82 valence electrons. The van der Waals surface area contributed by atoms with Gasteiger partial charge in [0.05, 0.1) is 18.4 Å². The predicted molar refractivity (Wildman–Crippen MR) is 51.1 cm³/mol. The standard InChI is InChI=1S/C9H12N2O4/c1-3-14-9(13)11-10-8(12)7-4-5-15-6(7)2/h4-5H,3H2,1-2H3,(H,10,12)(H,11,13). The smallest absolute Gasteiger partial charge is 0.426 e. The monoisotopic (exact) mass is 212 g/mol. The summed E-state index contributed by atoms with van der Waals surface area (Å²) < 4.78 is 9.49. The second-order valence-corrected chi connectivity index (χ2v) is 2.69. The van der Waals surface area contributed by atoms with E-state index in [2.05, 4.69) is 15.6 Å². The molecule has 0 bridgehead atoms. The molecule has 1 aromatic heterocycles. The van der Waals surface area contributed by atoms with Crippen LogP contribution >= 0.6 is 0 Å². The first kappa shape index (κ1) is 11.1. The molecule has 6 nitrogen and oxygen atoms in total. The summed E-state index contributed by atoms with van der Waals surface area (Å²) in [4.78, 5) is 22.2. The summed E-state index contributed by atoms with van der Waals surface area (Å²) in [5.41, 5.74) is 4.65. The highest BCUT2D eigenvalue weighted by molar-refractivity contribution is 5.95. The zero-order chi connectivity index (χ0) is 11.3. The average Bonchev–Trinajstić information content (AvgIpc) is 2.61. The Balaban J connectivity index is 2.44. The summed E-state index contributed by atoms with van der Waals surface area (Å²) in [6.07, 6.45) is 0.696. The van der Waals surface area contributed by atoms with E-state index in [0.717, 1.165) is 0 Å². The fraction of sp³-hybridized carbons (Fsp3) is 0.333. The molecular weight excluding hydrogens is 200 g/mol. The second kappa shape index (κ2) is 5.04. The molecule has 2 amide bonds. The topological polar surface area (TPSA) is 80.6 Å². The van der Waals surface area contributed by atoms with Gasteiger partial charge in [-0.2, -0.15) is 0 Å². The van der Waals surface area contributed by atoms with Gasteiger partial charge in [0.15, 0.2) is 0 Å². The third-order valence-electron chi connectivity index (χ3n) is 1.66. The Morgan fingerprint density at radius 2 is 2.20 bits per heavy atom. The molecular formula is C9H12N2O4. The molecule has 0 aliphatic heterocycles. The number of carbonyl (C=O) groups excluding carboxylic acids is 2. The van der Waals surface area contributed by atoms with Gasteiger partial charge in [-0.15, -0.1) is 0 Å². The predicted octanol–water partition coefficient (Wildman–Crippen LogP) is 0.979. The average molecular weight is 212 g/mol. The summed E-state index contributed by atoms with van der Waals surface area (Å²) in [5.74, 6) is 0.0347. The van der Waals surface area contributed by atoms with Crippen LogP contribution in [0.15, 0.2) is 16.7 Å². The molecule has 0 radical (unpaired) electrons. The molecule has 0 aromatic carbocycles. The number of furan rings is 1. The minimum atomic E-state index is -0.702. The van der Waals surface area contributed by atoms with Crippen LogP contribution in [0, 0.1) is 6.92 Å². The lowest BCUT2D eigenvalue weighted by atomic mass is 10.2. The molecule has 15 heavy (non-hydrogen) atoms. The van der Waals surface area contributed by atoms with E-state index in [1.807, 2.05) is 0 Å². The molecule has 1 heterocycles. The van der Waals surface area contributed by atoms with Crippen molar-refractivity contribution in [2.75, 3.05) is 6.61 Å². The van der Waals surface area contributed by atoms with E-state index in [-0.39, 0.29) is 6.61 Å². The van der Waals surface area contributed by atoms with Crippen LogP contribution in [0.25, 0.3) is 0 Å². The normalized spacial score (nSPS) is 9.47. The first-order chi connectivity index (χ1) is 7.15. The molecule has 0 aliphatic carbocycles. The van der Waals surface area contributed by atoms with E-state index in [9.17, 15) is 9.59 Å². The molecule has 0 spiro atoms. The van der Waals surface area contributed by atoms with E-state index >= 15 is 0 Å². The van der Waals surface area contributed by atoms with Gasteiger partial charge in [0, 0.05) is 0 Å². The Morgan fingerprint density at radius 1 is 1.47 bits per heavy atom. The number of rotatable bonds is 2. The highest BCUT2D eigenvalue weighted by Crippen LogP contribution is 2.07. The second-order valence-electron chi connectivity index (χ2n) is 2.69. The van der Waals surface area contributed by atoms with E-state index in [0.29, 0.717) is 11.3 Å². The van der Waals surface area contributed by atoms with Crippen molar-refractivity contribution in [3.63, 3.8) is 0 Å². The largest absolute Gasteiger partial charge is 0.469 e. The van der Waals surface area contributed by atoms with Gasteiger partial charge in [-0.05, 0) is 19.9 Å². The molecule has 0 saturated heterocycles. The Labute approximate surface area is 86.6 Å². The fourth-order valence-corrected chi connectivity index (χ4v) is 0.963. The summed E-state index contributed by atoms with van der Waals surface area (Å²) in [5, 5.41) is 0. The van der Waals surface area contributed by atoms with Gasteiger partial charge in [0.25, 0.3) is 5.91 Å². The zero-order valence-electron chi connectivity index (χ0n) is 8.49. The van der Waals surface area contributed by atoms with Crippen molar-refractivity contribution in [2.24, 2.45) is 0 Å². The molecule has 2 N–H and O–H groups in total. The molecule has 0 unspecified atom stereocenters. The maximum absolute atomic E-state index is 11.4. The number of aryl methyl sites for hydroxylation is 1. The quantitative estimate of drug-likeness (QED) is 0.716. The SMILES string of the molecule is CCOC(=O)NNC(=O)c1ccoc1C. The van der Waals surface area contributed by atoms with Crippen LogP contribution in [0.4, 0.5) is 4.79 Å².